The highest BCUT2D eigenvalue weighted by Crippen LogP contribution is 2.22. The highest BCUT2D eigenvalue weighted by atomic mass is 79.9. The number of hydrogen-bond acceptors (Lipinski definition) is 2. The Kier molecular flexibility index (Phi) is 3.69. The fourth-order valence-corrected chi connectivity index (χ4v) is 2.05. The third-order valence-electron chi connectivity index (χ3n) is 2.63. The zero-order chi connectivity index (χ0) is 12.3. The second-order valence-corrected chi connectivity index (χ2v) is 4.56. The summed E-state index contributed by atoms with van der Waals surface area (Å²) < 4.78 is 0.865. The average molecular weight is 289 g/mol. The van der Waals surface area contributed by atoms with Crippen LogP contribution in [-0.4, -0.2) is 18.2 Å². The third kappa shape index (κ3) is 2.61. The first-order valence-corrected chi connectivity index (χ1v) is 6.16. The molecule has 0 aliphatic heterocycles. The van der Waals surface area contributed by atoms with E-state index in [0.29, 0.717) is 0 Å². The maximum atomic E-state index is 4.51. The van der Waals surface area contributed by atoms with Gasteiger partial charge in [0.25, 0.3) is 0 Å². The molecule has 1 aromatic carbocycles. The molecular weight excluding hydrogens is 276 g/mol. The maximum Gasteiger partial charge on any atom is 0.106 e. The van der Waals surface area contributed by atoms with Crippen LogP contribution in [0.25, 0.3) is 17.0 Å². The highest BCUT2D eigenvalue weighted by molar-refractivity contribution is 9.10. The van der Waals surface area contributed by atoms with Gasteiger partial charge in [0.2, 0.25) is 0 Å². The Labute approximate surface area is 109 Å². The molecule has 2 aromatic rings. The van der Waals surface area contributed by atoms with Gasteiger partial charge in [-0.25, -0.2) is 4.98 Å². The topological polar surface area (TPSA) is 25.2 Å². The summed E-state index contributed by atoms with van der Waals surface area (Å²) >= 11 is 3.40. The van der Waals surface area contributed by atoms with Gasteiger partial charge in [0.1, 0.15) is 4.60 Å². The Morgan fingerprint density at radius 3 is 2.76 bits per heavy atom. The lowest BCUT2D eigenvalue weighted by Gasteiger charge is -2.05. The number of hydrogen-bond donors (Lipinski definition) is 0. The fraction of sp³-hybridized carbons (Fsp3) is 0.143. The lowest BCUT2D eigenvalue weighted by atomic mass is 10.0. The number of fused-ring (bicyclic) bond motifs is 1. The Hall–Kier alpha value is -1.48. The van der Waals surface area contributed by atoms with Crippen LogP contribution >= 0.6 is 15.9 Å². The van der Waals surface area contributed by atoms with Crippen molar-refractivity contribution in [1.82, 2.24) is 4.98 Å². The molecule has 0 unspecified atom stereocenters. The van der Waals surface area contributed by atoms with Crippen molar-refractivity contribution < 1.29 is 0 Å². The molecule has 2 rings (SSSR count). The Morgan fingerprint density at radius 1 is 1.24 bits per heavy atom. The number of pyridine rings is 1. The predicted octanol–water partition coefficient (Wildman–Crippen LogP) is 4.02. The smallest absolute Gasteiger partial charge is 0.106 e. The minimum Gasteiger partial charge on any atom is -0.297 e. The summed E-state index contributed by atoms with van der Waals surface area (Å²) in [5, 5.41) is 1.16. The summed E-state index contributed by atoms with van der Waals surface area (Å²) in [6.45, 7) is 2.09. The first kappa shape index (κ1) is 12.0. The molecule has 2 nitrogen and oxygen atoms in total. The first-order valence-electron chi connectivity index (χ1n) is 5.37. The van der Waals surface area contributed by atoms with Gasteiger partial charge in [-0.2, -0.15) is 0 Å². The van der Waals surface area contributed by atoms with E-state index >= 15 is 0 Å². The Morgan fingerprint density at radius 2 is 2.00 bits per heavy atom. The molecule has 3 heteroatoms. The monoisotopic (exact) mass is 288 g/mol. The molecule has 0 aliphatic rings. The fourth-order valence-electron chi connectivity index (χ4n) is 1.74. The number of aryl methyl sites for hydroxylation is 1. The molecule has 1 aromatic heterocycles. The summed E-state index contributed by atoms with van der Waals surface area (Å²) in [7, 11) is 1.76. The molecule has 0 spiro atoms. The summed E-state index contributed by atoms with van der Waals surface area (Å²) in [6, 6.07) is 8.22. The van der Waals surface area contributed by atoms with Gasteiger partial charge in [0, 0.05) is 18.6 Å². The first-order chi connectivity index (χ1) is 8.22. The van der Waals surface area contributed by atoms with Crippen molar-refractivity contribution in [3.8, 4) is 0 Å². The molecule has 0 radical (unpaired) electrons. The SMILES string of the molecule is CN=C/C=C\c1ccc2ccc(Br)nc2c1C. The minimum atomic E-state index is 0.865. The van der Waals surface area contributed by atoms with Crippen molar-refractivity contribution in [3.63, 3.8) is 0 Å². The van der Waals surface area contributed by atoms with Gasteiger partial charge in [0.05, 0.1) is 5.52 Å². The normalized spacial score (nSPS) is 11.9. The summed E-state index contributed by atoms with van der Waals surface area (Å²) in [6.07, 6.45) is 5.76. The van der Waals surface area contributed by atoms with Crippen molar-refractivity contribution >= 4 is 39.1 Å². The van der Waals surface area contributed by atoms with Crippen molar-refractivity contribution in [3.05, 3.63) is 46.1 Å². The zero-order valence-corrected chi connectivity index (χ0v) is 11.4. The van der Waals surface area contributed by atoms with E-state index in [0.717, 1.165) is 15.5 Å². The number of benzene rings is 1. The number of aliphatic imine (C=N–C) groups is 1. The van der Waals surface area contributed by atoms with Crippen molar-refractivity contribution in [1.29, 1.82) is 0 Å². The number of nitrogens with zero attached hydrogens (tertiary/aromatic N) is 2. The van der Waals surface area contributed by atoms with Gasteiger partial charge >= 0.3 is 0 Å². The predicted molar refractivity (Wildman–Crippen MR) is 77.6 cm³/mol. The van der Waals surface area contributed by atoms with Gasteiger partial charge < -0.3 is 0 Å². The molecule has 17 heavy (non-hydrogen) atoms. The lowest BCUT2D eigenvalue weighted by molar-refractivity contribution is 1.32. The molecule has 1 heterocycles. The lowest BCUT2D eigenvalue weighted by Crippen LogP contribution is -1.88. The summed E-state index contributed by atoms with van der Waals surface area (Å²) in [5.74, 6) is 0. The third-order valence-corrected chi connectivity index (χ3v) is 3.08. The van der Waals surface area contributed by atoms with E-state index < -0.39 is 0 Å². The van der Waals surface area contributed by atoms with E-state index in [2.05, 4.69) is 51.0 Å². The van der Waals surface area contributed by atoms with Crippen LogP contribution in [0.2, 0.25) is 0 Å². The van der Waals surface area contributed by atoms with Crippen LogP contribution in [-0.2, 0) is 0 Å². The average Bonchev–Trinajstić information content (AvgIpc) is 2.33. The van der Waals surface area contributed by atoms with Gasteiger partial charge in [-0.1, -0.05) is 24.3 Å². The molecule has 0 aliphatic carbocycles. The largest absolute Gasteiger partial charge is 0.297 e. The minimum absolute atomic E-state index is 0.865. The van der Waals surface area contributed by atoms with Crippen LogP contribution in [0, 0.1) is 6.92 Å². The molecule has 0 saturated heterocycles. The van der Waals surface area contributed by atoms with Gasteiger partial charge in [-0.15, -0.1) is 0 Å². The Bertz CT molecular complexity index is 600. The number of rotatable bonds is 2. The molecule has 0 fully saturated rings. The summed E-state index contributed by atoms with van der Waals surface area (Å²) in [4.78, 5) is 8.44. The number of halogens is 1. The van der Waals surface area contributed by atoms with Crippen LogP contribution in [0.1, 0.15) is 11.1 Å². The standard InChI is InChI=1S/C14H13BrN2/c1-10-11(4-3-9-16-2)5-6-12-7-8-13(15)17-14(10)12/h3-9H,1-2H3/b4-3-,16-9?. The van der Waals surface area contributed by atoms with E-state index in [1.807, 2.05) is 18.2 Å². The number of aromatic nitrogens is 1. The van der Waals surface area contributed by atoms with Crippen LogP contribution in [0.15, 0.2) is 39.9 Å². The maximum absolute atomic E-state index is 4.51. The van der Waals surface area contributed by atoms with Gasteiger partial charge in [-0.3, -0.25) is 4.99 Å². The Balaban J connectivity index is 2.56. The zero-order valence-electron chi connectivity index (χ0n) is 9.81. The molecule has 0 amide bonds. The van der Waals surface area contributed by atoms with Crippen LogP contribution in [0.5, 0.6) is 0 Å². The van der Waals surface area contributed by atoms with Crippen molar-refractivity contribution in [2.24, 2.45) is 4.99 Å². The van der Waals surface area contributed by atoms with E-state index in [1.165, 1.54) is 11.1 Å². The van der Waals surface area contributed by atoms with Gasteiger partial charge in [0.15, 0.2) is 0 Å². The van der Waals surface area contributed by atoms with E-state index in [9.17, 15) is 0 Å². The second-order valence-electron chi connectivity index (χ2n) is 3.75. The summed E-state index contributed by atoms with van der Waals surface area (Å²) in [5.41, 5.74) is 3.39. The van der Waals surface area contributed by atoms with Crippen LogP contribution in [0.4, 0.5) is 0 Å². The molecule has 0 N–H and O–H groups in total. The van der Waals surface area contributed by atoms with E-state index in [1.54, 1.807) is 13.3 Å². The van der Waals surface area contributed by atoms with E-state index in [-0.39, 0.29) is 0 Å². The molecular formula is C14H13BrN2. The molecule has 0 atom stereocenters. The second kappa shape index (κ2) is 5.23. The molecule has 86 valence electrons. The molecule has 0 bridgehead atoms. The molecule has 0 saturated carbocycles. The number of allylic oxidation sites excluding steroid dienone is 1. The van der Waals surface area contributed by atoms with Crippen LogP contribution < -0.4 is 0 Å². The quantitative estimate of drug-likeness (QED) is 0.605. The van der Waals surface area contributed by atoms with Gasteiger partial charge in [-0.05, 0) is 46.1 Å². The van der Waals surface area contributed by atoms with Crippen molar-refractivity contribution in [2.75, 3.05) is 7.05 Å². The van der Waals surface area contributed by atoms with Crippen molar-refractivity contribution in [2.45, 2.75) is 6.92 Å². The highest BCUT2D eigenvalue weighted by Gasteiger charge is 2.03. The van der Waals surface area contributed by atoms with E-state index in [4.69, 9.17) is 0 Å². The van der Waals surface area contributed by atoms with Crippen LogP contribution in [0.3, 0.4) is 0 Å².